The number of para-hydroxylation sites is 2. The second-order valence-electron chi connectivity index (χ2n) is 7.13. The molecule has 1 aromatic heterocycles. The summed E-state index contributed by atoms with van der Waals surface area (Å²) in [5.41, 5.74) is 2.09. The van der Waals surface area contributed by atoms with Crippen molar-refractivity contribution in [3.05, 3.63) is 30.1 Å². The zero-order valence-corrected chi connectivity index (χ0v) is 15.3. The third-order valence-electron chi connectivity index (χ3n) is 5.34. The van der Waals surface area contributed by atoms with E-state index in [-0.39, 0.29) is 18.0 Å². The Labute approximate surface area is 144 Å². The van der Waals surface area contributed by atoms with Crippen molar-refractivity contribution in [2.24, 2.45) is 0 Å². The Balaban J connectivity index is 1.93. The van der Waals surface area contributed by atoms with Crippen molar-refractivity contribution in [1.82, 2.24) is 14.5 Å². The molecule has 0 saturated heterocycles. The standard InChI is InChI=1S/C20H29N3O/c1-5-14(3)23(15(4)6-2)19(24)13-22-18-10-8-7-9-17(18)21-20(22)16-11-12-16/h7-10,14-16H,5-6,11-13H2,1-4H3. The first-order valence-electron chi connectivity index (χ1n) is 9.33. The molecule has 0 bridgehead atoms. The van der Waals surface area contributed by atoms with Gasteiger partial charge >= 0.3 is 0 Å². The number of hydrogen-bond donors (Lipinski definition) is 0. The molecule has 1 aliphatic rings. The maximum absolute atomic E-state index is 13.1. The fourth-order valence-corrected chi connectivity index (χ4v) is 3.45. The summed E-state index contributed by atoms with van der Waals surface area (Å²) in [6, 6.07) is 8.71. The van der Waals surface area contributed by atoms with Gasteiger partial charge in [-0.25, -0.2) is 4.98 Å². The van der Waals surface area contributed by atoms with Crippen molar-refractivity contribution in [3.8, 4) is 0 Å². The molecule has 1 aromatic carbocycles. The van der Waals surface area contributed by atoms with Gasteiger partial charge in [-0.2, -0.15) is 0 Å². The number of imidazole rings is 1. The molecule has 0 spiro atoms. The number of hydrogen-bond acceptors (Lipinski definition) is 2. The summed E-state index contributed by atoms with van der Waals surface area (Å²) in [5.74, 6) is 1.84. The van der Waals surface area contributed by atoms with E-state index in [9.17, 15) is 4.79 Å². The molecule has 130 valence electrons. The van der Waals surface area contributed by atoms with Gasteiger partial charge in [0.05, 0.1) is 11.0 Å². The first-order valence-corrected chi connectivity index (χ1v) is 9.33. The van der Waals surface area contributed by atoms with Crippen LogP contribution >= 0.6 is 0 Å². The molecule has 0 aliphatic heterocycles. The highest BCUT2D eigenvalue weighted by Crippen LogP contribution is 2.40. The Kier molecular flexibility index (Phi) is 4.93. The molecule has 1 saturated carbocycles. The molecule has 3 rings (SSSR count). The molecule has 24 heavy (non-hydrogen) atoms. The molecule has 4 nitrogen and oxygen atoms in total. The van der Waals surface area contributed by atoms with Crippen LogP contribution in [0.3, 0.4) is 0 Å². The van der Waals surface area contributed by atoms with Crippen LogP contribution in [0.2, 0.25) is 0 Å². The quantitative estimate of drug-likeness (QED) is 0.759. The van der Waals surface area contributed by atoms with Gasteiger partial charge < -0.3 is 9.47 Å². The molecule has 0 radical (unpaired) electrons. The lowest BCUT2D eigenvalue weighted by Gasteiger charge is -2.34. The van der Waals surface area contributed by atoms with Crippen LogP contribution < -0.4 is 0 Å². The Hall–Kier alpha value is -1.84. The van der Waals surface area contributed by atoms with Gasteiger partial charge in [0, 0.05) is 18.0 Å². The van der Waals surface area contributed by atoms with Crippen LogP contribution in [0.1, 0.15) is 65.1 Å². The fourth-order valence-electron chi connectivity index (χ4n) is 3.45. The summed E-state index contributed by atoms with van der Waals surface area (Å²) in [5, 5.41) is 0. The number of carbonyl (C=O) groups excluding carboxylic acids is 1. The molecule has 1 fully saturated rings. The van der Waals surface area contributed by atoms with Gasteiger partial charge in [0.25, 0.3) is 0 Å². The smallest absolute Gasteiger partial charge is 0.243 e. The molecule has 0 N–H and O–H groups in total. The number of fused-ring (bicyclic) bond motifs is 1. The highest BCUT2D eigenvalue weighted by Gasteiger charge is 2.31. The summed E-state index contributed by atoms with van der Waals surface area (Å²) < 4.78 is 2.16. The van der Waals surface area contributed by atoms with E-state index in [4.69, 9.17) is 4.98 Å². The van der Waals surface area contributed by atoms with E-state index in [1.165, 1.54) is 12.8 Å². The zero-order chi connectivity index (χ0) is 17.3. The summed E-state index contributed by atoms with van der Waals surface area (Å²) in [6.45, 7) is 9.00. The lowest BCUT2D eigenvalue weighted by Crippen LogP contribution is -2.45. The predicted molar refractivity (Wildman–Crippen MR) is 98.1 cm³/mol. The second kappa shape index (κ2) is 6.96. The molecule has 2 aromatic rings. The maximum atomic E-state index is 13.1. The molecular formula is C20H29N3O. The molecule has 2 unspecified atom stereocenters. The number of benzene rings is 1. The second-order valence-corrected chi connectivity index (χ2v) is 7.13. The highest BCUT2D eigenvalue weighted by atomic mass is 16.2. The van der Waals surface area contributed by atoms with Crippen molar-refractivity contribution in [1.29, 1.82) is 0 Å². The lowest BCUT2D eigenvalue weighted by atomic mass is 10.1. The minimum Gasteiger partial charge on any atom is -0.336 e. The highest BCUT2D eigenvalue weighted by molar-refractivity contribution is 5.81. The van der Waals surface area contributed by atoms with Gasteiger partial charge in [-0.15, -0.1) is 0 Å². The van der Waals surface area contributed by atoms with Crippen molar-refractivity contribution in [2.75, 3.05) is 0 Å². The third-order valence-corrected chi connectivity index (χ3v) is 5.34. The number of amides is 1. The van der Waals surface area contributed by atoms with Crippen LogP contribution in [-0.2, 0) is 11.3 Å². The van der Waals surface area contributed by atoms with E-state index in [0.717, 1.165) is 29.7 Å². The van der Waals surface area contributed by atoms with E-state index in [1.54, 1.807) is 0 Å². The molecule has 1 aliphatic carbocycles. The Morgan fingerprint density at radius 2 is 1.83 bits per heavy atom. The van der Waals surface area contributed by atoms with Gasteiger partial charge in [0.15, 0.2) is 0 Å². The summed E-state index contributed by atoms with van der Waals surface area (Å²) >= 11 is 0. The monoisotopic (exact) mass is 327 g/mol. The van der Waals surface area contributed by atoms with Gasteiger partial charge in [0.1, 0.15) is 12.4 Å². The van der Waals surface area contributed by atoms with E-state index >= 15 is 0 Å². The number of carbonyl (C=O) groups is 1. The predicted octanol–water partition coefficient (Wildman–Crippen LogP) is 4.34. The topological polar surface area (TPSA) is 38.1 Å². The molecule has 2 atom stereocenters. The summed E-state index contributed by atoms with van der Waals surface area (Å²) in [6.07, 6.45) is 4.35. The minimum absolute atomic E-state index is 0.212. The van der Waals surface area contributed by atoms with Crippen molar-refractivity contribution in [2.45, 2.75) is 77.9 Å². The minimum atomic E-state index is 0.212. The Morgan fingerprint density at radius 1 is 1.21 bits per heavy atom. The first kappa shape index (κ1) is 17.0. The van der Waals surface area contributed by atoms with Crippen LogP contribution in [0.4, 0.5) is 0 Å². The zero-order valence-electron chi connectivity index (χ0n) is 15.3. The Morgan fingerprint density at radius 3 is 2.42 bits per heavy atom. The first-order chi connectivity index (χ1) is 11.6. The van der Waals surface area contributed by atoms with E-state index in [1.807, 2.05) is 18.2 Å². The Bertz CT molecular complexity index is 707. The van der Waals surface area contributed by atoms with Gasteiger partial charge in [-0.3, -0.25) is 4.79 Å². The number of rotatable bonds is 7. The average Bonchev–Trinajstić information content (AvgIpc) is 3.38. The van der Waals surface area contributed by atoms with E-state index in [2.05, 4.69) is 43.2 Å². The van der Waals surface area contributed by atoms with Crippen molar-refractivity contribution >= 4 is 16.9 Å². The molecule has 1 heterocycles. The SMILES string of the molecule is CCC(C)N(C(=O)Cn1c(C2CC2)nc2ccccc21)C(C)CC. The normalized spacial score (nSPS) is 17.0. The number of nitrogens with zero attached hydrogens (tertiary/aromatic N) is 3. The molecule has 1 amide bonds. The van der Waals surface area contributed by atoms with Crippen molar-refractivity contribution in [3.63, 3.8) is 0 Å². The lowest BCUT2D eigenvalue weighted by molar-refractivity contribution is -0.136. The van der Waals surface area contributed by atoms with Gasteiger partial charge in [0.2, 0.25) is 5.91 Å². The van der Waals surface area contributed by atoms with Crippen LogP contribution in [-0.4, -0.2) is 32.4 Å². The van der Waals surface area contributed by atoms with Crippen LogP contribution in [0.15, 0.2) is 24.3 Å². The molecule has 4 heteroatoms. The number of aromatic nitrogens is 2. The van der Waals surface area contributed by atoms with E-state index in [0.29, 0.717) is 12.5 Å². The van der Waals surface area contributed by atoms with Gasteiger partial charge in [-0.1, -0.05) is 26.0 Å². The largest absolute Gasteiger partial charge is 0.336 e. The summed E-state index contributed by atoms with van der Waals surface area (Å²) in [7, 11) is 0. The summed E-state index contributed by atoms with van der Waals surface area (Å²) in [4.78, 5) is 20.0. The van der Waals surface area contributed by atoms with Crippen LogP contribution in [0, 0.1) is 0 Å². The van der Waals surface area contributed by atoms with E-state index < -0.39 is 0 Å². The fraction of sp³-hybridized carbons (Fsp3) is 0.600. The maximum Gasteiger partial charge on any atom is 0.243 e. The average molecular weight is 327 g/mol. The van der Waals surface area contributed by atoms with Crippen molar-refractivity contribution < 1.29 is 4.79 Å². The van der Waals surface area contributed by atoms with Crippen LogP contribution in [0.25, 0.3) is 11.0 Å². The molecular weight excluding hydrogens is 298 g/mol. The van der Waals surface area contributed by atoms with Crippen LogP contribution in [0.5, 0.6) is 0 Å². The third kappa shape index (κ3) is 3.19. The van der Waals surface area contributed by atoms with Gasteiger partial charge in [-0.05, 0) is 51.7 Å².